The van der Waals surface area contributed by atoms with Crippen LogP contribution in [0.5, 0.6) is 0 Å². The predicted molar refractivity (Wildman–Crippen MR) is 71.0 cm³/mol. The van der Waals surface area contributed by atoms with Crippen molar-refractivity contribution in [2.45, 2.75) is 27.7 Å². The molecule has 17 heavy (non-hydrogen) atoms. The van der Waals surface area contributed by atoms with Crippen LogP contribution in [-0.4, -0.2) is 61.5 Å². The van der Waals surface area contributed by atoms with Gasteiger partial charge in [0, 0.05) is 52.7 Å². The molecule has 0 unspecified atom stereocenters. The Labute approximate surface area is 105 Å². The van der Waals surface area contributed by atoms with Crippen LogP contribution in [-0.2, 0) is 4.79 Å². The molecule has 0 aromatic rings. The predicted octanol–water partition coefficient (Wildman–Crippen LogP) is 0.786. The van der Waals surface area contributed by atoms with Gasteiger partial charge in [-0.2, -0.15) is 0 Å². The molecule has 0 spiro atoms. The standard InChI is InChI=1S/C13H27N3O/c1-12(17)14-5-6-15-7-9-16(10-8-15)11-13(2,3)4/h5-11H2,1-4H3,(H,14,17). The van der Waals surface area contributed by atoms with Gasteiger partial charge in [0.15, 0.2) is 0 Å². The number of carbonyl (C=O) groups excluding carboxylic acids is 1. The van der Waals surface area contributed by atoms with Gasteiger partial charge in [-0.3, -0.25) is 9.69 Å². The average Bonchev–Trinajstić information content (AvgIpc) is 2.18. The molecule has 1 rings (SSSR count). The zero-order chi connectivity index (χ0) is 12.9. The van der Waals surface area contributed by atoms with Crippen LogP contribution in [0.3, 0.4) is 0 Å². The molecule has 0 bridgehead atoms. The van der Waals surface area contributed by atoms with E-state index in [0.717, 1.165) is 39.3 Å². The molecule has 0 aliphatic carbocycles. The first-order valence-electron chi connectivity index (χ1n) is 6.56. The van der Waals surface area contributed by atoms with E-state index >= 15 is 0 Å². The zero-order valence-corrected chi connectivity index (χ0v) is 11.8. The Balaban J connectivity index is 2.15. The van der Waals surface area contributed by atoms with Crippen molar-refractivity contribution >= 4 is 5.91 Å². The summed E-state index contributed by atoms with van der Waals surface area (Å²) < 4.78 is 0. The Morgan fingerprint density at radius 3 is 2.12 bits per heavy atom. The zero-order valence-electron chi connectivity index (χ0n) is 11.8. The van der Waals surface area contributed by atoms with Crippen molar-refractivity contribution in [3.05, 3.63) is 0 Å². The number of nitrogens with zero attached hydrogens (tertiary/aromatic N) is 2. The molecule has 1 aliphatic rings. The van der Waals surface area contributed by atoms with Gasteiger partial charge >= 0.3 is 0 Å². The highest BCUT2D eigenvalue weighted by molar-refractivity contribution is 5.72. The number of nitrogens with one attached hydrogen (secondary N) is 1. The lowest BCUT2D eigenvalue weighted by Crippen LogP contribution is -2.50. The smallest absolute Gasteiger partial charge is 0.216 e. The molecule has 100 valence electrons. The molecule has 1 fully saturated rings. The summed E-state index contributed by atoms with van der Waals surface area (Å²) in [4.78, 5) is 15.7. The van der Waals surface area contributed by atoms with Crippen molar-refractivity contribution < 1.29 is 4.79 Å². The third kappa shape index (κ3) is 6.64. The minimum Gasteiger partial charge on any atom is -0.355 e. The Bertz CT molecular complexity index is 240. The molecule has 1 amide bonds. The van der Waals surface area contributed by atoms with Gasteiger partial charge in [0.1, 0.15) is 0 Å². The lowest BCUT2D eigenvalue weighted by atomic mass is 9.96. The monoisotopic (exact) mass is 241 g/mol. The van der Waals surface area contributed by atoms with E-state index in [2.05, 4.69) is 35.9 Å². The third-order valence-electron chi connectivity index (χ3n) is 2.96. The van der Waals surface area contributed by atoms with Crippen LogP contribution in [0.15, 0.2) is 0 Å². The first-order valence-corrected chi connectivity index (χ1v) is 6.56. The first-order chi connectivity index (χ1) is 7.87. The second kappa shape index (κ2) is 6.36. The molecule has 0 aromatic carbocycles. The van der Waals surface area contributed by atoms with Crippen LogP contribution in [0, 0.1) is 5.41 Å². The van der Waals surface area contributed by atoms with E-state index < -0.39 is 0 Å². The highest BCUT2D eigenvalue weighted by Gasteiger charge is 2.21. The summed E-state index contributed by atoms with van der Waals surface area (Å²) in [5.74, 6) is 0.0661. The second-order valence-electron chi connectivity index (χ2n) is 6.16. The summed E-state index contributed by atoms with van der Waals surface area (Å²) in [6.07, 6.45) is 0. The highest BCUT2D eigenvalue weighted by atomic mass is 16.1. The van der Waals surface area contributed by atoms with E-state index in [1.807, 2.05) is 0 Å². The molecule has 4 nitrogen and oxygen atoms in total. The van der Waals surface area contributed by atoms with Gasteiger partial charge in [0.2, 0.25) is 5.91 Å². The molecule has 1 heterocycles. The van der Waals surface area contributed by atoms with Crippen LogP contribution in [0.25, 0.3) is 0 Å². The van der Waals surface area contributed by atoms with Crippen molar-refractivity contribution in [2.24, 2.45) is 5.41 Å². The fourth-order valence-electron chi connectivity index (χ4n) is 2.23. The van der Waals surface area contributed by atoms with Crippen molar-refractivity contribution in [1.29, 1.82) is 0 Å². The Morgan fingerprint density at radius 1 is 1.12 bits per heavy atom. The fourth-order valence-corrected chi connectivity index (χ4v) is 2.23. The molecule has 1 saturated heterocycles. The third-order valence-corrected chi connectivity index (χ3v) is 2.96. The summed E-state index contributed by atoms with van der Waals surface area (Å²) in [6, 6.07) is 0. The van der Waals surface area contributed by atoms with Crippen LogP contribution in [0.2, 0.25) is 0 Å². The topological polar surface area (TPSA) is 35.6 Å². The van der Waals surface area contributed by atoms with Crippen molar-refractivity contribution in [1.82, 2.24) is 15.1 Å². The Hall–Kier alpha value is -0.610. The van der Waals surface area contributed by atoms with Crippen LogP contribution in [0.4, 0.5) is 0 Å². The van der Waals surface area contributed by atoms with Gasteiger partial charge in [0.25, 0.3) is 0 Å². The second-order valence-corrected chi connectivity index (χ2v) is 6.16. The lowest BCUT2D eigenvalue weighted by Gasteiger charge is -2.37. The minimum absolute atomic E-state index is 0.0661. The number of hydrogen-bond donors (Lipinski definition) is 1. The number of hydrogen-bond acceptors (Lipinski definition) is 3. The van der Waals surface area contributed by atoms with Gasteiger partial charge in [-0.25, -0.2) is 0 Å². The maximum Gasteiger partial charge on any atom is 0.216 e. The molecule has 0 radical (unpaired) electrons. The van der Waals surface area contributed by atoms with Crippen LogP contribution < -0.4 is 5.32 Å². The molecular weight excluding hydrogens is 214 g/mol. The molecule has 1 aliphatic heterocycles. The summed E-state index contributed by atoms with van der Waals surface area (Å²) in [6.45, 7) is 15.9. The number of carbonyl (C=O) groups is 1. The maximum atomic E-state index is 10.8. The quantitative estimate of drug-likeness (QED) is 0.790. The van der Waals surface area contributed by atoms with Gasteiger partial charge < -0.3 is 10.2 Å². The Morgan fingerprint density at radius 2 is 1.65 bits per heavy atom. The number of amides is 1. The SMILES string of the molecule is CC(=O)NCCN1CCN(CC(C)(C)C)CC1. The van der Waals surface area contributed by atoms with E-state index in [4.69, 9.17) is 0 Å². The van der Waals surface area contributed by atoms with E-state index in [1.165, 1.54) is 6.54 Å². The normalized spacial score (nSPS) is 19.3. The molecule has 0 atom stereocenters. The molecule has 1 N–H and O–H groups in total. The largest absolute Gasteiger partial charge is 0.355 e. The first kappa shape index (κ1) is 14.5. The average molecular weight is 241 g/mol. The molecule has 0 aromatic heterocycles. The van der Waals surface area contributed by atoms with Crippen LogP contribution >= 0.6 is 0 Å². The van der Waals surface area contributed by atoms with Crippen molar-refractivity contribution in [3.8, 4) is 0 Å². The minimum atomic E-state index is 0.0661. The van der Waals surface area contributed by atoms with Gasteiger partial charge in [-0.15, -0.1) is 0 Å². The summed E-state index contributed by atoms with van der Waals surface area (Å²) in [5.41, 5.74) is 0.387. The maximum absolute atomic E-state index is 10.8. The van der Waals surface area contributed by atoms with Gasteiger partial charge in [0.05, 0.1) is 0 Å². The Kier molecular flexibility index (Phi) is 5.40. The fraction of sp³-hybridized carbons (Fsp3) is 0.923. The van der Waals surface area contributed by atoms with Gasteiger partial charge in [-0.1, -0.05) is 20.8 Å². The van der Waals surface area contributed by atoms with Gasteiger partial charge in [-0.05, 0) is 5.41 Å². The number of piperazine rings is 1. The van der Waals surface area contributed by atoms with Crippen LogP contribution in [0.1, 0.15) is 27.7 Å². The lowest BCUT2D eigenvalue weighted by molar-refractivity contribution is -0.119. The molecule has 4 heteroatoms. The molecular formula is C13H27N3O. The summed E-state index contributed by atoms with van der Waals surface area (Å²) in [5, 5.41) is 2.85. The summed E-state index contributed by atoms with van der Waals surface area (Å²) in [7, 11) is 0. The van der Waals surface area contributed by atoms with E-state index in [9.17, 15) is 4.79 Å². The van der Waals surface area contributed by atoms with E-state index in [-0.39, 0.29) is 5.91 Å². The molecule has 0 saturated carbocycles. The number of rotatable bonds is 4. The van der Waals surface area contributed by atoms with Crippen molar-refractivity contribution in [2.75, 3.05) is 45.8 Å². The highest BCUT2D eigenvalue weighted by Crippen LogP contribution is 2.16. The van der Waals surface area contributed by atoms with E-state index in [1.54, 1.807) is 6.92 Å². The van der Waals surface area contributed by atoms with Crippen molar-refractivity contribution in [3.63, 3.8) is 0 Å². The summed E-state index contributed by atoms with van der Waals surface area (Å²) >= 11 is 0. The van der Waals surface area contributed by atoms with E-state index in [0.29, 0.717) is 5.41 Å².